The van der Waals surface area contributed by atoms with Crippen LogP contribution in [0, 0.1) is 12.7 Å². The quantitative estimate of drug-likeness (QED) is 0.889. The second-order valence-corrected chi connectivity index (χ2v) is 7.82. The van der Waals surface area contributed by atoms with Crippen LogP contribution in [0.2, 0.25) is 0 Å². The Balaban J connectivity index is 1.68. The summed E-state index contributed by atoms with van der Waals surface area (Å²) in [5.74, 6) is -0.447. The van der Waals surface area contributed by atoms with E-state index in [1.165, 1.54) is 12.1 Å². The molecular formula is C18H19FN2O3S. The van der Waals surface area contributed by atoms with E-state index in [0.717, 1.165) is 23.7 Å². The topological polar surface area (TPSA) is 66.5 Å². The van der Waals surface area contributed by atoms with Crippen molar-refractivity contribution >= 4 is 21.6 Å². The minimum atomic E-state index is -3.79. The van der Waals surface area contributed by atoms with Gasteiger partial charge in [0.1, 0.15) is 5.82 Å². The number of benzene rings is 2. The van der Waals surface area contributed by atoms with Crippen molar-refractivity contribution in [1.29, 1.82) is 0 Å². The van der Waals surface area contributed by atoms with Crippen LogP contribution in [0.3, 0.4) is 0 Å². The molecule has 132 valence electrons. The van der Waals surface area contributed by atoms with Crippen LogP contribution in [0.4, 0.5) is 10.1 Å². The molecule has 5 nitrogen and oxygen atoms in total. The second-order valence-electron chi connectivity index (χ2n) is 6.05. The maximum atomic E-state index is 13.6. The number of amides is 1. The molecule has 1 aliphatic heterocycles. The Hall–Kier alpha value is -2.25. The smallest absolute Gasteiger partial charge is 0.240 e. The molecule has 0 aromatic heterocycles. The summed E-state index contributed by atoms with van der Waals surface area (Å²) in [4.78, 5) is 13.4. The molecule has 0 atom stereocenters. The van der Waals surface area contributed by atoms with Gasteiger partial charge in [0, 0.05) is 25.2 Å². The Bertz CT molecular complexity index is 895. The average Bonchev–Trinajstić information content (AvgIpc) is 3.02. The summed E-state index contributed by atoms with van der Waals surface area (Å²) in [7, 11) is -3.79. The molecule has 1 fully saturated rings. The molecule has 0 saturated carbocycles. The second kappa shape index (κ2) is 6.93. The van der Waals surface area contributed by atoms with Gasteiger partial charge in [-0.25, -0.2) is 17.5 Å². The van der Waals surface area contributed by atoms with Gasteiger partial charge in [-0.2, -0.15) is 0 Å². The number of sulfonamides is 1. The van der Waals surface area contributed by atoms with Crippen LogP contribution in [-0.4, -0.2) is 20.9 Å². The van der Waals surface area contributed by atoms with E-state index in [1.807, 2.05) is 0 Å². The van der Waals surface area contributed by atoms with Crippen LogP contribution in [0.15, 0.2) is 47.4 Å². The highest BCUT2D eigenvalue weighted by Gasteiger charge is 2.21. The Morgan fingerprint density at radius 3 is 2.48 bits per heavy atom. The molecule has 7 heteroatoms. The van der Waals surface area contributed by atoms with Gasteiger partial charge in [0.2, 0.25) is 15.9 Å². The lowest BCUT2D eigenvalue weighted by atomic mass is 10.2. The SMILES string of the molecule is Cc1ccc(S(=O)(=O)NCc2ccc(N3CCCC3=O)cc2)cc1F. The van der Waals surface area contributed by atoms with E-state index in [-0.39, 0.29) is 17.3 Å². The normalized spacial score (nSPS) is 15.0. The monoisotopic (exact) mass is 362 g/mol. The van der Waals surface area contributed by atoms with Crippen LogP contribution in [0.5, 0.6) is 0 Å². The number of halogens is 1. The molecule has 0 unspecified atom stereocenters. The maximum absolute atomic E-state index is 13.6. The molecule has 2 aromatic rings. The number of anilines is 1. The van der Waals surface area contributed by atoms with Crippen molar-refractivity contribution in [3.05, 3.63) is 59.4 Å². The summed E-state index contributed by atoms with van der Waals surface area (Å²) in [5, 5.41) is 0. The molecule has 1 saturated heterocycles. The van der Waals surface area contributed by atoms with Gasteiger partial charge in [0.15, 0.2) is 0 Å². The summed E-state index contributed by atoms with van der Waals surface area (Å²) in [6, 6.07) is 11.0. The molecule has 2 aromatic carbocycles. The molecule has 1 N–H and O–H groups in total. The van der Waals surface area contributed by atoms with Crippen molar-refractivity contribution in [1.82, 2.24) is 4.72 Å². The lowest BCUT2D eigenvalue weighted by molar-refractivity contribution is -0.117. The summed E-state index contributed by atoms with van der Waals surface area (Å²) in [6.07, 6.45) is 1.42. The van der Waals surface area contributed by atoms with E-state index < -0.39 is 15.8 Å². The Morgan fingerprint density at radius 2 is 1.88 bits per heavy atom. The van der Waals surface area contributed by atoms with Crippen molar-refractivity contribution in [2.75, 3.05) is 11.4 Å². The zero-order chi connectivity index (χ0) is 18.0. The molecule has 1 amide bonds. The fourth-order valence-electron chi connectivity index (χ4n) is 2.72. The Kier molecular flexibility index (Phi) is 4.87. The van der Waals surface area contributed by atoms with Crippen molar-refractivity contribution in [2.24, 2.45) is 0 Å². The molecular weight excluding hydrogens is 343 g/mol. The molecule has 25 heavy (non-hydrogen) atoms. The summed E-state index contributed by atoms with van der Waals surface area (Å²) < 4.78 is 40.5. The fourth-order valence-corrected chi connectivity index (χ4v) is 3.75. The van der Waals surface area contributed by atoms with Crippen LogP contribution in [0.25, 0.3) is 0 Å². The molecule has 1 heterocycles. The van der Waals surface area contributed by atoms with Crippen molar-refractivity contribution in [3.8, 4) is 0 Å². The Morgan fingerprint density at radius 1 is 1.16 bits per heavy atom. The van der Waals surface area contributed by atoms with Crippen LogP contribution in [-0.2, 0) is 21.4 Å². The lowest BCUT2D eigenvalue weighted by Crippen LogP contribution is -2.24. The highest BCUT2D eigenvalue weighted by molar-refractivity contribution is 7.89. The largest absolute Gasteiger partial charge is 0.312 e. The predicted octanol–water partition coefficient (Wildman–Crippen LogP) is 2.74. The summed E-state index contributed by atoms with van der Waals surface area (Å²) in [5.41, 5.74) is 1.97. The predicted molar refractivity (Wildman–Crippen MR) is 93.2 cm³/mol. The van der Waals surface area contributed by atoms with Crippen LogP contribution in [0.1, 0.15) is 24.0 Å². The minimum Gasteiger partial charge on any atom is -0.312 e. The number of nitrogens with one attached hydrogen (secondary N) is 1. The molecule has 0 bridgehead atoms. The number of hydrogen-bond acceptors (Lipinski definition) is 3. The first kappa shape index (κ1) is 17.6. The molecule has 3 rings (SSSR count). The maximum Gasteiger partial charge on any atom is 0.240 e. The van der Waals surface area contributed by atoms with Gasteiger partial charge in [-0.1, -0.05) is 18.2 Å². The van der Waals surface area contributed by atoms with Gasteiger partial charge >= 0.3 is 0 Å². The van der Waals surface area contributed by atoms with E-state index in [0.29, 0.717) is 18.5 Å². The summed E-state index contributed by atoms with van der Waals surface area (Å²) >= 11 is 0. The number of carbonyl (C=O) groups excluding carboxylic acids is 1. The molecule has 0 radical (unpaired) electrons. The first-order valence-electron chi connectivity index (χ1n) is 8.02. The van der Waals surface area contributed by atoms with E-state index >= 15 is 0 Å². The number of nitrogens with zero attached hydrogens (tertiary/aromatic N) is 1. The van der Waals surface area contributed by atoms with Gasteiger partial charge in [-0.3, -0.25) is 4.79 Å². The third-order valence-corrected chi connectivity index (χ3v) is 5.64. The standard InChI is InChI=1S/C18H19FN2O3S/c1-13-4-9-16(11-17(13)19)25(23,24)20-12-14-5-7-15(8-6-14)21-10-2-3-18(21)22/h4-9,11,20H,2-3,10,12H2,1H3. The first-order chi connectivity index (χ1) is 11.9. The zero-order valence-electron chi connectivity index (χ0n) is 13.8. The first-order valence-corrected chi connectivity index (χ1v) is 9.50. The van der Waals surface area contributed by atoms with E-state index in [9.17, 15) is 17.6 Å². The fraction of sp³-hybridized carbons (Fsp3) is 0.278. The number of carbonyl (C=O) groups is 1. The third-order valence-electron chi connectivity index (χ3n) is 4.24. The average molecular weight is 362 g/mol. The minimum absolute atomic E-state index is 0.0893. The van der Waals surface area contributed by atoms with Gasteiger partial charge < -0.3 is 4.90 Å². The lowest BCUT2D eigenvalue weighted by Gasteiger charge is -2.16. The number of rotatable bonds is 5. The number of aryl methyl sites for hydroxylation is 1. The highest BCUT2D eigenvalue weighted by atomic mass is 32.2. The molecule has 0 spiro atoms. The van der Waals surface area contributed by atoms with Crippen molar-refractivity contribution in [2.45, 2.75) is 31.2 Å². The van der Waals surface area contributed by atoms with E-state index in [1.54, 1.807) is 36.1 Å². The van der Waals surface area contributed by atoms with Gasteiger partial charge in [0.05, 0.1) is 4.90 Å². The summed E-state index contributed by atoms with van der Waals surface area (Å²) in [6.45, 7) is 2.38. The zero-order valence-corrected chi connectivity index (χ0v) is 14.6. The van der Waals surface area contributed by atoms with Crippen molar-refractivity contribution < 1.29 is 17.6 Å². The van der Waals surface area contributed by atoms with Crippen LogP contribution < -0.4 is 9.62 Å². The van der Waals surface area contributed by atoms with Crippen LogP contribution >= 0.6 is 0 Å². The number of hydrogen-bond donors (Lipinski definition) is 1. The molecule has 1 aliphatic rings. The van der Waals surface area contributed by atoms with Crippen molar-refractivity contribution in [3.63, 3.8) is 0 Å². The van der Waals surface area contributed by atoms with E-state index in [2.05, 4.69) is 4.72 Å². The van der Waals surface area contributed by atoms with Gasteiger partial charge in [-0.05, 0) is 48.7 Å². The third kappa shape index (κ3) is 3.88. The molecule has 0 aliphatic carbocycles. The highest BCUT2D eigenvalue weighted by Crippen LogP contribution is 2.22. The van der Waals surface area contributed by atoms with E-state index in [4.69, 9.17) is 0 Å². The van der Waals surface area contributed by atoms with Gasteiger partial charge in [-0.15, -0.1) is 0 Å². The Labute approximate surface area is 146 Å². The van der Waals surface area contributed by atoms with Gasteiger partial charge in [0.25, 0.3) is 0 Å².